The molecule has 1 atom stereocenters. The van der Waals surface area contributed by atoms with Crippen molar-refractivity contribution in [2.75, 3.05) is 46.1 Å². The van der Waals surface area contributed by atoms with Gasteiger partial charge in [-0.1, -0.05) is 11.2 Å². The molecule has 0 aliphatic carbocycles. The Hall–Kier alpha value is -3.50. The lowest BCUT2D eigenvalue weighted by atomic mass is 9.96. The fourth-order valence-corrected chi connectivity index (χ4v) is 5.31. The molecule has 194 valence electrons. The summed E-state index contributed by atoms with van der Waals surface area (Å²) in [6, 6.07) is 12.1. The third-order valence-corrected chi connectivity index (χ3v) is 7.31. The first-order valence-electron chi connectivity index (χ1n) is 12.8. The Morgan fingerprint density at radius 2 is 1.76 bits per heavy atom. The third kappa shape index (κ3) is 5.45. The third-order valence-electron chi connectivity index (χ3n) is 7.31. The van der Waals surface area contributed by atoms with Crippen molar-refractivity contribution >= 4 is 5.91 Å². The highest BCUT2D eigenvalue weighted by Crippen LogP contribution is 2.33. The van der Waals surface area contributed by atoms with Crippen molar-refractivity contribution in [1.82, 2.24) is 24.8 Å². The molecule has 1 amide bonds. The fraction of sp³-hybridized carbons (Fsp3) is 0.444. The molecule has 2 saturated heterocycles. The Kier molecular flexibility index (Phi) is 6.75. The van der Waals surface area contributed by atoms with Crippen LogP contribution in [-0.2, 0) is 17.9 Å². The number of piperazine rings is 1. The van der Waals surface area contributed by atoms with Gasteiger partial charge in [0.2, 0.25) is 24.4 Å². The van der Waals surface area contributed by atoms with Crippen molar-refractivity contribution < 1.29 is 23.2 Å². The van der Waals surface area contributed by atoms with Gasteiger partial charge in [-0.2, -0.15) is 4.98 Å². The summed E-state index contributed by atoms with van der Waals surface area (Å²) < 4.78 is 29.5. The molecule has 3 aliphatic heterocycles. The molecular weight excluding hydrogens is 477 g/mol. The molecule has 6 rings (SSSR count). The SMILES string of the molecule is O=C(C1CCCN(Cc2nc(-c3ccc(F)cc3)no2)C1)N1CCN(Cc2ccc3c(c2)OCO3)CC1. The summed E-state index contributed by atoms with van der Waals surface area (Å²) in [6.45, 7) is 6.38. The number of fused-ring (bicyclic) bond motifs is 1. The lowest BCUT2D eigenvalue weighted by Gasteiger charge is -2.38. The Morgan fingerprint density at radius 3 is 2.59 bits per heavy atom. The summed E-state index contributed by atoms with van der Waals surface area (Å²) >= 11 is 0. The quantitative estimate of drug-likeness (QED) is 0.503. The van der Waals surface area contributed by atoms with E-state index in [1.807, 2.05) is 17.0 Å². The van der Waals surface area contributed by atoms with Crippen LogP contribution >= 0.6 is 0 Å². The van der Waals surface area contributed by atoms with Crippen LogP contribution in [0.3, 0.4) is 0 Å². The van der Waals surface area contributed by atoms with Gasteiger partial charge in [0.1, 0.15) is 5.82 Å². The van der Waals surface area contributed by atoms with Crippen molar-refractivity contribution in [3.8, 4) is 22.9 Å². The summed E-state index contributed by atoms with van der Waals surface area (Å²) in [6.07, 6.45) is 1.86. The summed E-state index contributed by atoms with van der Waals surface area (Å²) in [5.74, 6) is 2.47. The zero-order chi connectivity index (χ0) is 25.2. The second-order valence-electron chi connectivity index (χ2n) is 9.88. The average Bonchev–Trinajstić information content (AvgIpc) is 3.59. The average molecular weight is 508 g/mol. The number of hydrogen-bond donors (Lipinski definition) is 0. The van der Waals surface area contributed by atoms with Crippen LogP contribution in [0.5, 0.6) is 11.5 Å². The number of rotatable bonds is 6. The number of hydrogen-bond acceptors (Lipinski definition) is 8. The van der Waals surface area contributed by atoms with E-state index in [0.717, 1.165) is 63.6 Å². The van der Waals surface area contributed by atoms with Gasteiger partial charge < -0.3 is 18.9 Å². The zero-order valence-electron chi connectivity index (χ0n) is 20.6. The highest BCUT2D eigenvalue weighted by molar-refractivity contribution is 5.79. The molecule has 37 heavy (non-hydrogen) atoms. The van der Waals surface area contributed by atoms with E-state index in [-0.39, 0.29) is 24.4 Å². The number of carbonyl (C=O) groups excluding carboxylic acids is 1. The normalized spacial score (nSPS) is 20.4. The number of ether oxygens (including phenoxy) is 2. The van der Waals surface area contributed by atoms with E-state index >= 15 is 0 Å². The van der Waals surface area contributed by atoms with Gasteiger partial charge in [0.25, 0.3) is 0 Å². The molecule has 3 aromatic rings. The molecule has 4 heterocycles. The minimum Gasteiger partial charge on any atom is -0.454 e. The smallest absolute Gasteiger partial charge is 0.241 e. The number of carbonyl (C=O) groups is 1. The Morgan fingerprint density at radius 1 is 0.946 bits per heavy atom. The second kappa shape index (κ2) is 10.5. The molecule has 0 bridgehead atoms. The van der Waals surface area contributed by atoms with E-state index < -0.39 is 0 Å². The van der Waals surface area contributed by atoms with E-state index in [4.69, 9.17) is 14.0 Å². The number of amides is 1. The van der Waals surface area contributed by atoms with Gasteiger partial charge in [0.05, 0.1) is 12.5 Å². The molecule has 10 heteroatoms. The Balaban J connectivity index is 0.994. The van der Waals surface area contributed by atoms with E-state index in [1.54, 1.807) is 12.1 Å². The highest BCUT2D eigenvalue weighted by atomic mass is 19.1. The first-order chi connectivity index (χ1) is 18.1. The van der Waals surface area contributed by atoms with Gasteiger partial charge in [-0.3, -0.25) is 14.6 Å². The number of aromatic nitrogens is 2. The van der Waals surface area contributed by atoms with Crippen LogP contribution in [0, 0.1) is 11.7 Å². The molecule has 0 saturated carbocycles. The van der Waals surface area contributed by atoms with Crippen LogP contribution in [0.15, 0.2) is 47.0 Å². The van der Waals surface area contributed by atoms with Crippen molar-refractivity contribution in [2.45, 2.75) is 25.9 Å². The van der Waals surface area contributed by atoms with Gasteiger partial charge in [-0.05, 0) is 61.3 Å². The van der Waals surface area contributed by atoms with E-state index in [2.05, 4.69) is 26.0 Å². The highest BCUT2D eigenvalue weighted by Gasteiger charge is 2.31. The molecule has 2 fully saturated rings. The minimum absolute atomic E-state index is 0.0198. The molecule has 1 unspecified atom stereocenters. The van der Waals surface area contributed by atoms with Crippen molar-refractivity contribution in [2.24, 2.45) is 5.92 Å². The standard InChI is InChI=1S/C27H30FN5O4/c28-22-6-4-20(5-7-22)26-29-25(37-30-26)17-32-9-1-2-21(16-32)27(34)33-12-10-31(11-13-33)15-19-3-8-23-24(14-19)36-18-35-23/h3-8,14,21H,1-2,9-13,15-18H2. The number of piperidine rings is 1. The minimum atomic E-state index is -0.303. The van der Waals surface area contributed by atoms with E-state index in [1.165, 1.54) is 17.7 Å². The van der Waals surface area contributed by atoms with Crippen LogP contribution < -0.4 is 9.47 Å². The largest absolute Gasteiger partial charge is 0.454 e. The maximum Gasteiger partial charge on any atom is 0.241 e. The predicted molar refractivity (Wildman–Crippen MR) is 132 cm³/mol. The molecule has 2 aromatic carbocycles. The Labute approximate surface area is 214 Å². The lowest BCUT2D eigenvalue weighted by Crippen LogP contribution is -2.52. The monoisotopic (exact) mass is 507 g/mol. The predicted octanol–water partition coefficient (Wildman–Crippen LogP) is 3.16. The zero-order valence-corrected chi connectivity index (χ0v) is 20.6. The first kappa shape index (κ1) is 23.9. The topological polar surface area (TPSA) is 84.2 Å². The van der Waals surface area contributed by atoms with Gasteiger partial charge >= 0.3 is 0 Å². The summed E-state index contributed by atoms with van der Waals surface area (Å²) in [5.41, 5.74) is 1.90. The summed E-state index contributed by atoms with van der Waals surface area (Å²) in [7, 11) is 0. The Bertz CT molecular complexity index is 1240. The molecule has 0 N–H and O–H groups in total. The molecule has 3 aliphatic rings. The fourth-order valence-electron chi connectivity index (χ4n) is 5.31. The number of nitrogens with zero attached hydrogens (tertiary/aromatic N) is 5. The van der Waals surface area contributed by atoms with Crippen LogP contribution in [0.4, 0.5) is 4.39 Å². The van der Waals surface area contributed by atoms with E-state index in [0.29, 0.717) is 30.4 Å². The van der Waals surface area contributed by atoms with Crippen molar-refractivity contribution in [3.05, 3.63) is 59.7 Å². The maximum atomic E-state index is 13.3. The van der Waals surface area contributed by atoms with Gasteiger partial charge in [-0.15, -0.1) is 0 Å². The molecular formula is C27H30FN5O4. The lowest BCUT2D eigenvalue weighted by molar-refractivity contribution is -0.139. The summed E-state index contributed by atoms with van der Waals surface area (Å²) in [5, 5.41) is 4.03. The molecule has 0 spiro atoms. The van der Waals surface area contributed by atoms with Crippen LogP contribution in [0.1, 0.15) is 24.3 Å². The van der Waals surface area contributed by atoms with E-state index in [9.17, 15) is 9.18 Å². The molecule has 0 radical (unpaired) electrons. The first-order valence-corrected chi connectivity index (χ1v) is 12.8. The number of likely N-dealkylation sites (tertiary alicyclic amines) is 1. The second-order valence-corrected chi connectivity index (χ2v) is 9.88. The van der Waals surface area contributed by atoms with Crippen LogP contribution in [0.2, 0.25) is 0 Å². The molecule has 9 nitrogen and oxygen atoms in total. The number of halogens is 1. The molecule has 1 aromatic heterocycles. The van der Waals surface area contributed by atoms with Crippen LogP contribution in [-0.4, -0.2) is 76.8 Å². The summed E-state index contributed by atoms with van der Waals surface area (Å²) in [4.78, 5) is 24.4. The number of benzene rings is 2. The van der Waals surface area contributed by atoms with Crippen molar-refractivity contribution in [3.63, 3.8) is 0 Å². The van der Waals surface area contributed by atoms with Gasteiger partial charge in [0, 0.05) is 44.8 Å². The van der Waals surface area contributed by atoms with Crippen molar-refractivity contribution in [1.29, 1.82) is 0 Å². The van der Waals surface area contributed by atoms with Gasteiger partial charge in [-0.25, -0.2) is 4.39 Å². The van der Waals surface area contributed by atoms with Gasteiger partial charge in [0.15, 0.2) is 11.5 Å². The van der Waals surface area contributed by atoms with Crippen LogP contribution in [0.25, 0.3) is 11.4 Å². The maximum absolute atomic E-state index is 13.3.